The molecule has 6 nitrogen and oxygen atoms in total. The molecule has 1 unspecified atom stereocenters. The Labute approximate surface area is 115 Å². The predicted octanol–water partition coefficient (Wildman–Crippen LogP) is 1.28. The Morgan fingerprint density at radius 3 is 2.74 bits per heavy atom. The van der Waals surface area contributed by atoms with Crippen molar-refractivity contribution in [3.63, 3.8) is 0 Å². The fourth-order valence-corrected chi connectivity index (χ4v) is 2.61. The lowest BCUT2D eigenvalue weighted by molar-refractivity contribution is 0.132. The van der Waals surface area contributed by atoms with Crippen LogP contribution < -0.4 is 10.6 Å². The summed E-state index contributed by atoms with van der Waals surface area (Å²) in [6.07, 6.45) is 5.05. The Kier molecular flexibility index (Phi) is 4.52. The molecule has 1 aromatic heterocycles. The second kappa shape index (κ2) is 6.14. The maximum absolute atomic E-state index is 5.76. The van der Waals surface area contributed by atoms with Crippen LogP contribution in [0.2, 0.25) is 0 Å². The van der Waals surface area contributed by atoms with Crippen molar-refractivity contribution in [1.29, 1.82) is 0 Å². The van der Waals surface area contributed by atoms with Crippen LogP contribution in [0.4, 0.5) is 11.9 Å². The van der Waals surface area contributed by atoms with Gasteiger partial charge in [-0.15, -0.1) is 0 Å². The molecule has 1 aliphatic rings. The maximum atomic E-state index is 5.76. The first-order valence-electron chi connectivity index (χ1n) is 7.02. The molecule has 2 rings (SSSR count). The first-order valence-corrected chi connectivity index (χ1v) is 7.02. The summed E-state index contributed by atoms with van der Waals surface area (Å²) in [7, 11) is 3.82. The summed E-state index contributed by atoms with van der Waals surface area (Å²) < 4.78 is 0. The smallest absolute Gasteiger partial charge is 0.229 e. The zero-order valence-electron chi connectivity index (χ0n) is 12.1. The van der Waals surface area contributed by atoms with E-state index >= 15 is 0 Å². The molecule has 0 radical (unpaired) electrons. The number of nitrogen functional groups attached to an aromatic ring is 1. The molecule has 0 aliphatic carbocycles. The largest absolute Gasteiger partial charge is 0.368 e. The van der Waals surface area contributed by atoms with Crippen molar-refractivity contribution >= 4 is 11.9 Å². The molecule has 0 aromatic carbocycles. The van der Waals surface area contributed by atoms with E-state index in [-0.39, 0.29) is 0 Å². The van der Waals surface area contributed by atoms with Gasteiger partial charge < -0.3 is 10.6 Å². The van der Waals surface area contributed by atoms with Crippen LogP contribution in [0.1, 0.15) is 38.4 Å². The van der Waals surface area contributed by atoms with Crippen molar-refractivity contribution in [2.75, 3.05) is 31.3 Å². The number of hydrogen-bond donors (Lipinski definition) is 1. The third-order valence-corrected chi connectivity index (χ3v) is 3.65. The van der Waals surface area contributed by atoms with E-state index in [4.69, 9.17) is 5.73 Å². The highest BCUT2D eigenvalue weighted by atomic mass is 15.3. The standard InChI is InChI=1S/C13H24N6/c1-4-10-7-5-6-8-19(10)9-11-15-12(14)17-13(16-11)18(2)3/h10H,4-9H2,1-3H3,(H2,14,15,16,17). The van der Waals surface area contributed by atoms with Gasteiger partial charge in [0.2, 0.25) is 11.9 Å². The molecule has 1 fully saturated rings. The van der Waals surface area contributed by atoms with Gasteiger partial charge in [-0.2, -0.15) is 15.0 Å². The van der Waals surface area contributed by atoms with E-state index < -0.39 is 0 Å². The Morgan fingerprint density at radius 2 is 2.05 bits per heavy atom. The molecule has 2 N–H and O–H groups in total. The number of rotatable bonds is 4. The summed E-state index contributed by atoms with van der Waals surface area (Å²) in [4.78, 5) is 17.2. The molecule has 6 heteroatoms. The Hall–Kier alpha value is -1.43. The van der Waals surface area contributed by atoms with Crippen LogP contribution in [-0.2, 0) is 6.54 Å². The third-order valence-electron chi connectivity index (χ3n) is 3.65. The zero-order valence-corrected chi connectivity index (χ0v) is 12.1. The lowest BCUT2D eigenvalue weighted by Gasteiger charge is -2.34. The van der Waals surface area contributed by atoms with Gasteiger partial charge in [0.15, 0.2) is 0 Å². The molecule has 1 aliphatic heterocycles. The summed E-state index contributed by atoms with van der Waals surface area (Å²) >= 11 is 0. The van der Waals surface area contributed by atoms with Gasteiger partial charge in [-0.3, -0.25) is 4.90 Å². The average Bonchev–Trinajstić information content (AvgIpc) is 2.38. The maximum Gasteiger partial charge on any atom is 0.229 e. The summed E-state index contributed by atoms with van der Waals surface area (Å²) in [6.45, 7) is 4.14. The number of aromatic nitrogens is 3. The predicted molar refractivity (Wildman–Crippen MR) is 76.9 cm³/mol. The molecule has 0 bridgehead atoms. The van der Waals surface area contributed by atoms with Gasteiger partial charge in [0.05, 0.1) is 6.54 Å². The Balaban J connectivity index is 2.13. The molecule has 19 heavy (non-hydrogen) atoms. The van der Waals surface area contributed by atoms with Crippen molar-refractivity contribution in [1.82, 2.24) is 19.9 Å². The first-order chi connectivity index (χ1) is 9.10. The summed E-state index contributed by atoms with van der Waals surface area (Å²) in [5, 5.41) is 0. The fraction of sp³-hybridized carbons (Fsp3) is 0.769. The van der Waals surface area contributed by atoms with Gasteiger partial charge in [-0.1, -0.05) is 13.3 Å². The van der Waals surface area contributed by atoms with Crippen molar-refractivity contribution in [2.24, 2.45) is 0 Å². The van der Waals surface area contributed by atoms with Crippen LogP contribution in [0.25, 0.3) is 0 Å². The number of anilines is 2. The molecule has 106 valence electrons. The SMILES string of the molecule is CCC1CCCCN1Cc1nc(N)nc(N(C)C)n1. The quantitative estimate of drug-likeness (QED) is 0.883. The molecule has 1 atom stereocenters. The second-order valence-corrected chi connectivity index (χ2v) is 5.33. The highest BCUT2D eigenvalue weighted by molar-refractivity contribution is 5.32. The average molecular weight is 264 g/mol. The van der Waals surface area contributed by atoms with Crippen LogP contribution in [0.3, 0.4) is 0 Å². The topological polar surface area (TPSA) is 71.2 Å². The first kappa shape index (κ1) is 14.0. The van der Waals surface area contributed by atoms with Gasteiger partial charge in [-0.05, 0) is 25.8 Å². The lowest BCUT2D eigenvalue weighted by Crippen LogP contribution is -2.39. The summed E-state index contributed by atoms with van der Waals surface area (Å²) in [5.41, 5.74) is 5.76. The van der Waals surface area contributed by atoms with Gasteiger partial charge in [0, 0.05) is 20.1 Å². The van der Waals surface area contributed by atoms with Gasteiger partial charge >= 0.3 is 0 Å². The lowest BCUT2D eigenvalue weighted by atomic mass is 10.0. The van der Waals surface area contributed by atoms with E-state index in [1.165, 1.54) is 25.7 Å². The number of hydrogen-bond acceptors (Lipinski definition) is 6. The molecule has 2 heterocycles. The van der Waals surface area contributed by atoms with Crippen molar-refractivity contribution in [3.05, 3.63) is 5.82 Å². The minimum Gasteiger partial charge on any atom is -0.368 e. The van der Waals surface area contributed by atoms with Crippen LogP contribution >= 0.6 is 0 Å². The van der Waals surface area contributed by atoms with E-state index in [9.17, 15) is 0 Å². The molecule has 1 saturated heterocycles. The Morgan fingerprint density at radius 1 is 1.26 bits per heavy atom. The van der Waals surface area contributed by atoms with Gasteiger partial charge in [0.1, 0.15) is 5.82 Å². The number of piperidine rings is 1. The Bertz CT molecular complexity index is 420. The third kappa shape index (κ3) is 3.53. The van der Waals surface area contributed by atoms with Crippen LogP contribution in [0.15, 0.2) is 0 Å². The highest BCUT2D eigenvalue weighted by Gasteiger charge is 2.22. The number of nitrogens with two attached hydrogens (primary N) is 1. The fourth-order valence-electron chi connectivity index (χ4n) is 2.61. The van der Waals surface area contributed by atoms with Gasteiger partial charge in [0.25, 0.3) is 0 Å². The van der Waals surface area contributed by atoms with Crippen LogP contribution in [-0.4, -0.2) is 46.5 Å². The molecule has 1 aromatic rings. The number of likely N-dealkylation sites (tertiary alicyclic amines) is 1. The molecule has 0 spiro atoms. The normalized spacial score (nSPS) is 20.5. The summed E-state index contributed by atoms with van der Waals surface area (Å²) in [6, 6.07) is 0.648. The number of nitrogens with zero attached hydrogens (tertiary/aromatic N) is 5. The summed E-state index contributed by atoms with van der Waals surface area (Å²) in [5.74, 6) is 1.71. The van der Waals surface area contributed by atoms with Crippen LogP contribution in [0.5, 0.6) is 0 Å². The minimum atomic E-state index is 0.304. The van der Waals surface area contributed by atoms with Crippen molar-refractivity contribution < 1.29 is 0 Å². The molecule has 0 amide bonds. The minimum absolute atomic E-state index is 0.304. The zero-order chi connectivity index (χ0) is 13.8. The van der Waals surface area contributed by atoms with E-state index in [1.807, 2.05) is 19.0 Å². The van der Waals surface area contributed by atoms with E-state index in [0.717, 1.165) is 18.9 Å². The van der Waals surface area contributed by atoms with Crippen molar-refractivity contribution in [3.8, 4) is 0 Å². The molecular weight excluding hydrogens is 240 g/mol. The second-order valence-electron chi connectivity index (χ2n) is 5.33. The monoisotopic (exact) mass is 264 g/mol. The highest BCUT2D eigenvalue weighted by Crippen LogP contribution is 2.21. The molecular formula is C13H24N6. The van der Waals surface area contributed by atoms with E-state index in [1.54, 1.807) is 0 Å². The molecule has 0 saturated carbocycles. The van der Waals surface area contributed by atoms with Crippen molar-refractivity contribution in [2.45, 2.75) is 45.2 Å². The van der Waals surface area contributed by atoms with E-state index in [0.29, 0.717) is 17.9 Å². The van der Waals surface area contributed by atoms with Gasteiger partial charge in [-0.25, -0.2) is 0 Å². The van der Waals surface area contributed by atoms with Crippen LogP contribution in [0, 0.1) is 0 Å². The van der Waals surface area contributed by atoms with E-state index in [2.05, 4.69) is 26.8 Å².